The van der Waals surface area contributed by atoms with E-state index in [-0.39, 0.29) is 18.9 Å². The summed E-state index contributed by atoms with van der Waals surface area (Å²) in [6.45, 7) is 4.14. The lowest BCUT2D eigenvalue weighted by Gasteiger charge is -2.21. The smallest absolute Gasteiger partial charge is 0.337 e. The van der Waals surface area contributed by atoms with Crippen LogP contribution in [0.15, 0.2) is 0 Å². The molecular weight excluding hydrogens is 200 g/mol. The maximum atomic E-state index is 11.2. The van der Waals surface area contributed by atoms with Crippen LogP contribution in [0.3, 0.4) is 0 Å². The van der Waals surface area contributed by atoms with E-state index >= 15 is 0 Å². The number of rotatable bonds is 5. The van der Waals surface area contributed by atoms with Gasteiger partial charge in [0.05, 0.1) is 6.54 Å². The first-order valence-electron chi connectivity index (χ1n) is 4.56. The van der Waals surface area contributed by atoms with Gasteiger partial charge in [0.25, 0.3) is 0 Å². The van der Waals surface area contributed by atoms with Crippen LogP contribution in [-0.4, -0.2) is 39.8 Å². The second-order valence-corrected chi connectivity index (χ2v) is 4.52. The van der Waals surface area contributed by atoms with Crippen molar-refractivity contribution in [3.8, 4) is 0 Å². The van der Waals surface area contributed by atoms with Crippen LogP contribution in [0.1, 0.15) is 27.2 Å². The molecule has 0 bridgehead atoms. The van der Waals surface area contributed by atoms with Gasteiger partial charge in [-0.25, -0.2) is 4.79 Å². The van der Waals surface area contributed by atoms with Crippen LogP contribution in [0.2, 0.25) is 0 Å². The average molecular weight is 218 g/mol. The molecule has 0 aromatic carbocycles. The van der Waals surface area contributed by atoms with Crippen molar-refractivity contribution in [1.82, 2.24) is 5.32 Å². The van der Waals surface area contributed by atoms with E-state index in [1.807, 2.05) is 0 Å². The minimum atomic E-state index is -1.95. The van der Waals surface area contributed by atoms with Crippen molar-refractivity contribution in [2.24, 2.45) is 5.73 Å². The molecule has 6 heteroatoms. The van der Waals surface area contributed by atoms with E-state index in [2.05, 4.69) is 5.32 Å². The van der Waals surface area contributed by atoms with Gasteiger partial charge in [-0.15, -0.1) is 0 Å². The number of hydrogen-bond donors (Lipinski definition) is 4. The topological polar surface area (TPSA) is 113 Å². The third kappa shape index (κ3) is 6.03. The van der Waals surface area contributed by atoms with E-state index < -0.39 is 17.1 Å². The molecule has 88 valence electrons. The third-order valence-corrected chi connectivity index (χ3v) is 1.71. The normalized spacial score (nSPS) is 15.5. The summed E-state index contributed by atoms with van der Waals surface area (Å²) in [5.41, 5.74) is 2.99. The van der Waals surface area contributed by atoms with Crippen molar-refractivity contribution >= 4 is 11.9 Å². The van der Waals surface area contributed by atoms with E-state index in [9.17, 15) is 14.7 Å². The fourth-order valence-electron chi connectivity index (χ4n) is 0.823. The number of carbonyl (C=O) groups is 2. The molecule has 0 fully saturated rings. The number of amides is 1. The van der Waals surface area contributed by atoms with Gasteiger partial charge in [0.2, 0.25) is 5.91 Å². The van der Waals surface area contributed by atoms with E-state index in [4.69, 9.17) is 10.8 Å². The molecule has 0 aromatic heterocycles. The molecule has 0 aliphatic carbocycles. The molecule has 0 aliphatic heterocycles. The van der Waals surface area contributed by atoms with Gasteiger partial charge in [0.15, 0.2) is 5.60 Å². The Kier molecular flexibility index (Phi) is 4.24. The summed E-state index contributed by atoms with van der Waals surface area (Å²) in [6.07, 6.45) is 0.0721. The summed E-state index contributed by atoms with van der Waals surface area (Å²) in [6, 6.07) is 0. The first-order valence-corrected chi connectivity index (χ1v) is 4.56. The number of hydrogen-bond acceptors (Lipinski definition) is 4. The lowest BCUT2D eigenvalue weighted by atomic mass is 10.0. The van der Waals surface area contributed by atoms with Gasteiger partial charge >= 0.3 is 5.97 Å². The Bertz CT molecular complexity index is 255. The number of nitrogens with two attached hydrogens (primary N) is 1. The maximum Gasteiger partial charge on any atom is 0.337 e. The largest absolute Gasteiger partial charge is 0.479 e. The van der Waals surface area contributed by atoms with Crippen molar-refractivity contribution in [1.29, 1.82) is 0 Å². The van der Waals surface area contributed by atoms with Gasteiger partial charge in [0, 0.05) is 12.0 Å². The minimum absolute atomic E-state index is 0.0721. The Balaban J connectivity index is 4.07. The first-order chi connectivity index (χ1) is 6.54. The van der Waals surface area contributed by atoms with E-state index in [1.54, 1.807) is 13.8 Å². The molecule has 0 spiro atoms. The van der Waals surface area contributed by atoms with Crippen LogP contribution in [0.4, 0.5) is 0 Å². The highest BCUT2D eigenvalue weighted by Crippen LogP contribution is 2.04. The highest BCUT2D eigenvalue weighted by molar-refractivity contribution is 5.80. The number of nitrogens with one attached hydrogen (secondary N) is 1. The SMILES string of the molecule is CC(C)(N)CC(=O)NCC(C)(O)C(=O)O. The van der Waals surface area contributed by atoms with Gasteiger partial charge in [-0.3, -0.25) is 4.79 Å². The third-order valence-electron chi connectivity index (χ3n) is 1.71. The molecule has 1 unspecified atom stereocenters. The predicted octanol–water partition coefficient (Wildman–Crippen LogP) is -0.934. The first kappa shape index (κ1) is 13.9. The minimum Gasteiger partial charge on any atom is -0.479 e. The molecular formula is C9H18N2O4. The monoisotopic (exact) mass is 218 g/mol. The number of carboxylic acid groups (broad SMARTS) is 1. The predicted molar refractivity (Wildman–Crippen MR) is 54.2 cm³/mol. The van der Waals surface area contributed by atoms with Crippen LogP contribution in [0.25, 0.3) is 0 Å². The van der Waals surface area contributed by atoms with Crippen molar-refractivity contribution in [3.63, 3.8) is 0 Å². The summed E-state index contributed by atoms with van der Waals surface area (Å²) in [5, 5.41) is 20.2. The quantitative estimate of drug-likeness (QED) is 0.476. The summed E-state index contributed by atoms with van der Waals surface area (Å²) in [7, 11) is 0. The van der Waals surface area contributed by atoms with Gasteiger partial charge in [-0.1, -0.05) is 0 Å². The zero-order valence-corrected chi connectivity index (χ0v) is 9.20. The van der Waals surface area contributed by atoms with E-state index in [0.29, 0.717) is 0 Å². The molecule has 0 saturated carbocycles. The molecule has 0 rings (SSSR count). The fraction of sp³-hybridized carbons (Fsp3) is 0.778. The standard InChI is InChI=1S/C9H18N2O4/c1-8(2,10)4-6(12)11-5-9(3,15)7(13)14/h15H,4-5,10H2,1-3H3,(H,11,12)(H,13,14). The molecule has 6 nitrogen and oxygen atoms in total. The summed E-state index contributed by atoms with van der Waals surface area (Å²) in [5.74, 6) is -1.76. The number of aliphatic carboxylic acids is 1. The van der Waals surface area contributed by atoms with Gasteiger partial charge in [-0.2, -0.15) is 0 Å². The molecule has 0 heterocycles. The Morgan fingerprint density at radius 1 is 1.33 bits per heavy atom. The second kappa shape index (κ2) is 4.59. The Morgan fingerprint density at radius 2 is 1.80 bits per heavy atom. The van der Waals surface area contributed by atoms with Crippen molar-refractivity contribution < 1.29 is 19.8 Å². The second-order valence-electron chi connectivity index (χ2n) is 4.52. The zero-order valence-electron chi connectivity index (χ0n) is 9.20. The highest BCUT2D eigenvalue weighted by atomic mass is 16.4. The summed E-state index contributed by atoms with van der Waals surface area (Å²) < 4.78 is 0. The van der Waals surface area contributed by atoms with Gasteiger partial charge in [0.1, 0.15) is 0 Å². The van der Waals surface area contributed by atoms with Gasteiger partial charge in [-0.05, 0) is 20.8 Å². The van der Waals surface area contributed by atoms with Crippen LogP contribution in [0, 0.1) is 0 Å². The average Bonchev–Trinajstić information content (AvgIpc) is 1.97. The van der Waals surface area contributed by atoms with Crippen LogP contribution < -0.4 is 11.1 Å². The van der Waals surface area contributed by atoms with E-state index in [0.717, 1.165) is 6.92 Å². The summed E-state index contributed by atoms with van der Waals surface area (Å²) >= 11 is 0. The molecule has 0 radical (unpaired) electrons. The molecule has 0 aromatic rings. The fourth-order valence-corrected chi connectivity index (χ4v) is 0.823. The number of carbonyl (C=O) groups excluding carboxylic acids is 1. The molecule has 1 amide bonds. The Labute approximate surface area is 88.5 Å². The van der Waals surface area contributed by atoms with Crippen molar-refractivity contribution in [2.45, 2.75) is 38.3 Å². The molecule has 5 N–H and O–H groups in total. The summed E-state index contributed by atoms with van der Waals surface area (Å²) in [4.78, 5) is 21.7. The van der Waals surface area contributed by atoms with Crippen molar-refractivity contribution in [2.75, 3.05) is 6.54 Å². The molecule has 1 atom stereocenters. The van der Waals surface area contributed by atoms with E-state index in [1.165, 1.54) is 0 Å². The lowest BCUT2D eigenvalue weighted by Crippen LogP contribution is -2.48. The maximum absolute atomic E-state index is 11.2. The molecule has 15 heavy (non-hydrogen) atoms. The van der Waals surface area contributed by atoms with Crippen LogP contribution in [0.5, 0.6) is 0 Å². The Morgan fingerprint density at radius 3 is 2.13 bits per heavy atom. The van der Waals surface area contributed by atoms with Crippen LogP contribution >= 0.6 is 0 Å². The van der Waals surface area contributed by atoms with Gasteiger partial charge < -0.3 is 21.3 Å². The Hall–Kier alpha value is -1.14. The number of carboxylic acids is 1. The van der Waals surface area contributed by atoms with Crippen LogP contribution in [-0.2, 0) is 9.59 Å². The lowest BCUT2D eigenvalue weighted by molar-refractivity contribution is -0.156. The number of aliphatic hydroxyl groups is 1. The van der Waals surface area contributed by atoms with Crippen molar-refractivity contribution in [3.05, 3.63) is 0 Å². The molecule has 0 saturated heterocycles. The molecule has 0 aliphatic rings. The zero-order chi connectivity index (χ0) is 12.3. The highest BCUT2D eigenvalue weighted by Gasteiger charge is 2.30.